The number of hydrogen-bond acceptors (Lipinski definition) is 4. The molecule has 1 aliphatic rings. The van der Waals surface area contributed by atoms with Crippen LogP contribution in [0.2, 0.25) is 0 Å². The highest BCUT2D eigenvalue weighted by Gasteiger charge is 2.28. The summed E-state index contributed by atoms with van der Waals surface area (Å²) < 4.78 is 5.25. The lowest BCUT2D eigenvalue weighted by molar-refractivity contribution is -0.127. The quantitative estimate of drug-likeness (QED) is 0.828. The van der Waals surface area contributed by atoms with Crippen molar-refractivity contribution in [2.24, 2.45) is 0 Å². The van der Waals surface area contributed by atoms with Gasteiger partial charge in [-0.1, -0.05) is 12.1 Å². The number of hydrogen-bond donors (Lipinski definition) is 2. The number of carbonyl (C=O) groups is 1. The maximum Gasteiger partial charge on any atom is 0.238 e. The molecule has 0 spiro atoms. The van der Waals surface area contributed by atoms with Gasteiger partial charge in [0.1, 0.15) is 11.8 Å². The molecule has 2 N–H and O–H groups in total. The third-order valence-corrected chi connectivity index (χ3v) is 3.53. The number of likely N-dealkylation sites (N-methyl/N-ethyl adjacent to an activating group) is 1. The van der Waals surface area contributed by atoms with Crippen LogP contribution in [0, 0.1) is 0 Å². The molecule has 1 fully saturated rings. The predicted octanol–water partition coefficient (Wildman–Crippen LogP) is 0.605. The number of nitrogens with zero attached hydrogens (tertiary/aromatic N) is 1. The van der Waals surface area contributed by atoms with Crippen LogP contribution in [0.1, 0.15) is 12.5 Å². The van der Waals surface area contributed by atoms with E-state index in [1.807, 2.05) is 25.1 Å². The highest BCUT2D eigenvalue weighted by atomic mass is 16.5. The van der Waals surface area contributed by atoms with Crippen molar-refractivity contribution in [2.75, 3.05) is 33.3 Å². The van der Waals surface area contributed by atoms with Crippen molar-refractivity contribution in [3.05, 3.63) is 29.8 Å². The van der Waals surface area contributed by atoms with E-state index in [2.05, 4.69) is 21.6 Å². The summed E-state index contributed by atoms with van der Waals surface area (Å²) in [6.07, 6.45) is 0. The summed E-state index contributed by atoms with van der Waals surface area (Å²) in [6, 6.07) is 7.91. The maximum atomic E-state index is 12.1. The van der Waals surface area contributed by atoms with E-state index in [0.717, 1.165) is 25.4 Å². The second kappa shape index (κ2) is 7.26. The summed E-state index contributed by atoms with van der Waals surface area (Å²) >= 11 is 0. The number of rotatable bonds is 5. The van der Waals surface area contributed by atoms with E-state index in [9.17, 15) is 4.79 Å². The van der Waals surface area contributed by atoms with Gasteiger partial charge in [-0.05, 0) is 24.6 Å². The highest BCUT2D eigenvalue weighted by Crippen LogP contribution is 2.16. The van der Waals surface area contributed by atoms with E-state index in [1.54, 1.807) is 7.11 Å². The Balaban J connectivity index is 2.06. The second-order valence-corrected chi connectivity index (χ2v) is 4.94. The van der Waals surface area contributed by atoms with E-state index in [1.165, 1.54) is 5.56 Å². The molecule has 0 aromatic heterocycles. The number of piperazine rings is 1. The lowest BCUT2D eigenvalue weighted by atomic mass is 10.1. The monoisotopic (exact) mass is 277 g/mol. The third kappa shape index (κ3) is 3.71. The minimum Gasteiger partial charge on any atom is -0.497 e. The molecule has 0 bridgehead atoms. The molecule has 1 aromatic rings. The molecule has 1 aromatic carbocycles. The van der Waals surface area contributed by atoms with Gasteiger partial charge in [-0.15, -0.1) is 0 Å². The van der Waals surface area contributed by atoms with Crippen LogP contribution in [0.5, 0.6) is 5.75 Å². The van der Waals surface area contributed by atoms with Crippen LogP contribution in [0.15, 0.2) is 24.3 Å². The first kappa shape index (κ1) is 14.8. The van der Waals surface area contributed by atoms with Crippen molar-refractivity contribution in [3.63, 3.8) is 0 Å². The van der Waals surface area contributed by atoms with Gasteiger partial charge in [0.05, 0.1) is 7.11 Å². The molecular formula is C15H23N3O2. The van der Waals surface area contributed by atoms with E-state index in [0.29, 0.717) is 13.1 Å². The number of amides is 1. The first-order valence-corrected chi connectivity index (χ1v) is 7.10. The van der Waals surface area contributed by atoms with Gasteiger partial charge in [-0.2, -0.15) is 0 Å². The van der Waals surface area contributed by atoms with Crippen molar-refractivity contribution in [1.29, 1.82) is 0 Å². The number of methoxy groups -OCH3 is 1. The van der Waals surface area contributed by atoms with Crippen molar-refractivity contribution in [3.8, 4) is 5.75 Å². The van der Waals surface area contributed by atoms with Gasteiger partial charge in [0.25, 0.3) is 0 Å². The molecule has 1 heterocycles. The Morgan fingerprint density at radius 2 is 2.40 bits per heavy atom. The molecule has 1 atom stereocenters. The van der Waals surface area contributed by atoms with Crippen LogP contribution in [0.25, 0.3) is 0 Å². The summed E-state index contributed by atoms with van der Waals surface area (Å²) in [7, 11) is 1.67. The SMILES string of the molecule is CCNC(=O)C1CNCCN1Cc1cccc(OC)c1. The van der Waals surface area contributed by atoms with Gasteiger partial charge in [-0.3, -0.25) is 9.69 Å². The van der Waals surface area contributed by atoms with E-state index in [-0.39, 0.29) is 11.9 Å². The maximum absolute atomic E-state index is 12.1. The molecule has 0 aliphatic carbocycles. The zero-order valence-electron chi connectivity index (χ0n) is 12.2. The van der Waals surface area contributed by atoms with Gasteiger partial charge in [-0.25, -0.2) is 0 Å². The van der Waals surface area contributed by atoms with Crippen LogP contribution in [-0.4, -0.2) is 50.1 Å². The zero-order chi connectivity index (χ0) is 14.4. The van der Waals surface area contributed by atoms with Crippen molar-refractivity contribution >= 4 is 5.91 Å². The molecule has 1 saturated heterocycles. The lowest BCUT2D eigenvalue weighted by Gasteiger charge is -2.35. The summed E-state index contributed by atoms with van der Waals surface area (Å²) in [5.41, 5.74) is 1.17. The average Bonchev–Trinajstić information content (AvgIpc) is 2.48. The molecule has 20 heavy (non-hydrogen) atoms. The molecule has 1 amide bonds. The number of carbonyl (C=O) groups excluding carboxylic acids is 1. The van der Waals surface area contributed by atoms with Gasteiger partial charge in [0, 0.05) is 32.7 Å². The minimum absolute atomic E-state index is 0.0996. The summed E-state index contributed by atoms with van der Waals surface area (Å²) in [4.78, 5) is 14.3. The zero-order valence-corrected chi connectivity index (χ0v) is 12.2. The summed E-state index contributed by atoms with van der Waals surface area (Å²) in [5.74, 6) is 0.954. The topological polar surface area (TPSA) is 53.6 Å². The molecule has 5 nitrogen and oxygen atoms in total. The normalized spacial score (nSPS) is 19.6. The van der Waals surface area contributed by atoms with Gasteiger partial charge < -0.3 is 15.4 Å². The molecule has 0 saturated carbocycles. The van der Waals surface area contributed by atoms with Crippen LogP contribution in [0.4, 0.5) is 0 Å². The summed E-state index contributed by atoms with van der Waals surface area (Å²) in [5, 5.41) is 6.19. The average molecular weight is 277 g/mol. The minimum atomic E-state index is -0.102. The highest BCUT2D eigenvalue weighted by molar-refractivity contribution is 5.82. The Hall–Kier alpha value is -1.59. The second-order valence-electron chi connectivity index (χ2n) is 4.94. The fourth-order valence-electron chi connectivity index (χ4n) is 2.49. The van der Waals surface area contributed by atoms with Crippen molar-refractivity contribution < 1.29 is 9.53 Å². The van der Waals surface area contributed by atoms with Crippen LogP contribution in [-0.2, 0) is 11.3 Å². The Bertz CT molecular complexity index is 450. The van der Waals surface area contributed by atoms with Crippen LogP contribution < -0.4 is 15.4 Å². The molecule has 5 heteroatoms. The number of nitrogens with one attached hydrogen (secondary N) is 2. The molecule has 1 unspecified atom stereocenters. The Morgan fingerprint density at radius 3 is 3.15 bits per heavy atom. The first-order chi connectivity index (χ1) is 9.74. The third-order valence-electron chi connectivity index (χ3n) is 3.53. The van der Waals surface area contributed by atoms with Crippen molar-refractivity contribution in [2.45, 2.75) is 19.5 Å². The fraction of sp³-hybridized carbons (Fsp3) is 0.533. The van der Waals surface area contributed by atoms with Gasteiger partial charge >= 0.3 is 0 Å². The van der Waals surface area contributed by atoms with E-state index < -0.39 is 0 Å². The Kier molecular flexibility index (Phi) is 5.38. The largest absolute Gasteiger partial charge is 0.497 e. The fourth-order valence-corrected chi connectivity index (χ4v) is 2.49. The lowest BCUT2D eigenvalue weighted by Crippen LogP contribution is -2.57. The molecular weight excluding hydrogens is 254 g/mol. The van der Waals surface area contributed by atoms with E-state index in [4.69, 9.17) is 4.74 Å². The van der Waals surface area contributed by atoms with Crippen molar-refractivity contribution in [1.82, 2.24) is 15.5 Å². The smallest absolute Gasteiger partial charge is 0.238 e. The number of benzene rings is 1. The standard InChI is InChI=1S/C15H23N3O2/c1-3-17-15(19)14-10-16-7-8-18(14)11-12-5-4-6-13(9-12)20-2/h4-6,9,14,16H,3,7-8,10-11H2,1-2H3,(H,17,19). The Morgan fingerprint density at radius 1 is 1.55 bits per heavy atom. The summed E-state index contributed by atoms with van der Waals surface area (Å²) in [6.45, 7) is 5.87. The first-order valence-electron chi connectivity index (χ1n) is 7.10. The molecule has 1 aliphatic heterocycles. The van der Waals surface area contributed by atoms with Crippen LogP contribution in [0.3, 0.4) is 0 Å². The molecule has 2 rings (SSSR count). The Labute approximate surface area is 120 Å². The molecule has 110 valence electrons. The van der Waals surface area contributed by atoms with Gasteiger partial charge in [0.2, 0.25) is 5.91 Å². The van der Waals surface area contributed by atoms with Gasteiger partial charge in [0.15, 0.2) is 0 Å². The molecule has 0 radical (unpaired) electrons. The number of ether oxygens (including phenoxy) is 1. The van der Waals surface area contributed by atoms with E-state index >= 15 is 0 Å². The predicted molar refractivity (Wildman–Crippen MR) is 78.7 cm³/mol. The van der Waals surface area contributed by atoms with Crippen LogP contribution >= 0.6 is 0 Å².